The number of anilines is 2. The molecule has 2 atom stereocenters. The normalized spacial score (nSPS) is 12.4. The van der Waals surface area contributed by atoms with Gasteiger partial charge in [0.05, 0.1) is 0 Å². The van der Waals surface area contributed by atoms with Gasteiger partial charge in [0.2, 0.25) is 0 Å². The average Bonchev–Trinajstić information content (AvgIpc) is 2.59. The average molecular weight is 362 g/mol. The first kappa shape index (κ1) is 20.9. The van der Waals surface area contributed by atoms with Crippen LogP contribution in [0.25, 0.3) is 0 Å². The third kappa shape index (κ3) is 7.65. The van der Waals surface area contributed by atoms with Gasteiger partial charge in [-0.05, 0) is 35.4 Å². The number of carboxylic acid groups (broad SMARTS) is 2. The topological polar surface area (TPSA) is 167 Å². The van der Waals surface area contributed by atoms with E-state index in [1.807, 2.05) is 0 Å². The molecule has 2 unspecified atom stereocenters. The first-order valence-corrected chi connectivity index (χ1v) is 7.69. The predicted molar refractivity (Wildman–Crippen MR) is 96.4 cm³/mol. The zero-order valence-electron chi connectivity index (χ0n) is 13.9. The first-order chi connectivity index (χ1) is 12.2. The Balaban J connectivity index is 0.000000260. The van der Waals surface area contributed by atoms with Crippen molar-refractivity contribution in [1.82, 2.24) is 0 Å². The molecule has 0 heterocycles. The van der Waals surface area contributed by atoms with Crippen molar-refractivity contribution in [2.75, 3.05) is 11.5 Å². The summed E-state index contributed by atoms with van der Waals surface area (Å²) in [6.07, 6.45) is -2.47. The van der Waals surface area contributed by atoms with E-state index in [0.717, 1.165) is 11.1 Å². The van der Waals surface area contributed by atoms with Crippen molar-refractivity contribution in [3.05, 3.63) is 59.7 Å². The zero-order valence-corrected chi connectivity index (χ0v) is 13.9. The number of aliphatic hydroxyl groups excluding tert-OH is 2. The van der Waals surface area contributed by atoms with Crippen molar-refractivity contribution >= 4 is 23.3 Å². The first-order valence-electron chi connectivity index (χ1n) is 7.69. The summed E-state index contributed by atoms with van der Waals surface area (Å²) in [4.78, 5) is 20.6. The second-order valence-corrected chi connectivity index (χ2v) is 5.60. The minimum absolute atomic E-state index is 0.107. The molecule has 26 heavy (non-hydrogen) atoms. The molecule has 0 aliphatic carbocycles. The maximum Gasteiger partial charge on any atom is 0.332 e. The summed E-state index contributed by atoms with van der Waals surface area (Å²) >= 11 is 0. The zero-order chi connectivity index (χ0) is 19.7. The highest BCUT2D eigenvalue weighted by molar-refractivity contribution is 5.72. The van der Waals surface area contributed by atoms with Crippen LogP contribution in [0.2, 0.25) is 0 Å². The molecular weight excluding hydrogens is 340 g/mol. The van der Waals surface area contributed by atoms with Crippen molar-refractivity contribution in [1.29, 1.82) is 0 Å². The second kappa shape index (κ2) is 10.0. The quantitative estimate of drug-likeness (QED) is 0.404. The van der Waals surface area contributed by atoms with E-state index in [1.165, 1.54) is 0 Å². The molecule has 2 rings (SSSR count). The van der Waals surface area contributed by atoms with Crippen LogP contribution in [-0.2, 0) is 22.4 Å². The van der Waals surface area contributed by atoms with Crippen LogP contribution in [0.3, 0.4) is 0 Å². The second-order valence-electron chi connectivity index (χ2n) is 5.60. The Morgan fingerprint density at radius 1 is 0.692 bits per heavy atom. The summed E-state index contributed by atoms with van der Waals surface area (Å²) in [5.74, 6) is -2.42. The monoisotopic (exact) mass is 362 g/mol. The highest BCUT2D eigenvalue weighted by atomic mass is 16.4. The molecule has 8 nitrogen and oxygen atoms in total. The SMILES string of the molecule is Nc1ccc(CC(O)C(=O)O)cc1.Nc1ccc(CC(O)C(=O)O)cc1. The number of hydrogen-bond acceptors (Lipinski definition) is 6. The summed E-state index contributed by atoms with van der Waals surface area (Å²) in [5.41, 5.74) is 13.6. The van der Waals surface area contributed by atoms with Gasteiger partial charge in [0.25, 0.3) is 0 Å². The number of nitrogen functional groups attached to an aromatic ring is 2. The van der Waals surface area contributed by atoms with E-state index in [1.54, 1.807) is 48.5 Å². The van der Waals surface area contributed by atoms with Gasteiger partial charge in [-0.15, -0.1) is 0 Å². The van der Waals surface area contributed by atoms with Crippen molar-refractivity contribution < 1.29 is 30.0 Å². The summed E-state index contributed by atoms with van der Waals surface area (Å²) in [6, 6.07) is 13.5. The molecule has 0 aliphatic rings. The van der Waals surface area contributed by atoms with Crippen LogP contribution in [-0.4, -0.2) is 44.6 Å². The third-order valence-electron chi connectivity index (χ3n) is 3.39. The van der Waals surface area contributed by atoms with Crippen LogP contribution < -0.4 is 11.5 Å². The standard InChI is InChI=1S/2C9H11NO3/c2*10-7-3-1-6(2-4-7)5-8(11)9(12)13/h2*1-4,8,11H,5,10H2,(H,12,13). The van der Waals surface area contributed by atoms with Gasteiger partial charge in [-0.2, -0.15) is 0 Å². The van der Waals surface area contributed by atoms with Gasteiger partial charge in [-0.3, -0.25) is 0 Å². The minimum Gasteiger partial charge on any atom is -0.479 e. The van der Waals surface area contributed by atoms with E-state index in [2.05, 4.69) is 0 Å². The Morgan fingerprint density at radius 3 is 1.19 bits per heavy atom. The molecule has 0 aliphatic heterocycles. The number of aliphatic hydroxyl groups is 2. The molecule has 0 saturated carbocycles. The molecule has 0 saturated heterocycles. The number of aliphatic carboxylic acids is 2. The summed E-state index contributed by atoms with van der Waals surface area (Å²) < 4.78 is 0. The molecular formula is C18H22N2O6. The number of rotatable bonds is 6. The molecule has 2 aromatic carbocycles. The van der Waals surface area contributed by atoms with Crippen molar-refractivity contribution in [3.8, 4) is 0 Å². The summed E-state index contributed by atoms with van der Waals surface area (Å²) in [5, 5.41) is 34.9. The summed E-state index contributed by atoms with van der Waals surface area (Å²) in [6.45, 7) is 0. The van der Waals surface area contributed by atoms with E-state index in [9.17, 15) is 9.59 Å². The highest BCUT2D eigenvalue weighted by Gasteiger charge is 2.13. The van der Waals surface area contributed by atoms with E-state index in [4.69, 9.17) is 31.9 Å². The molecule has 0 amide bonds. The minimum atomic E-state index is -1.34. The van der Waals surface area contributed by atoms with Gasteiger partial charge in [0.1, 0.15) is 0 Å². The van der Waals surface area contributed by atoms with E-state index >= 15 is 0 Å². The number of carboxylic acids is 2. The van der Waals surface area contributed by atoms with Crippen LogP contribution in [0.5, 0.6) is 0 Å². The van der Waals surface area contributed by atoms with Crippen molar-refractivity contribution in [3.63, 3.8) is 0 Å². The van der Waals surface area contributed by atoms with Crippen LogP contribution >= 0.6 is 0 Å². The molecule has 140 valence electrons. The third-order valence-corrected chi connectivity index (χ3v) is 3.39. The lowest BCUT2D eigenvalue weighted by atomic mass is 10.1. The van der Waals surface area contributed by atoms with E-state index in [-0.39, 0.29) is 12.8 Å². The lowest BCUT2D eigenvalue weighted by molar-refractivity contribution is -0.147. The molecule has 2 aromatic rings. The highest BCUT2D eigenvalue weighted by Crippen LogP contribution is 2.08. The molecule has 0 radical (unpaired) electrons. The molecule has 0 spiro atoms. The van der Waals surface area contributed by atoms with Gasteiger partial charge in [0.15, 0.2) is 12.2 Å². The Hall–Kier alpha value is -3.10. The molecule has 0 aromatic heterocycles. The number of carbonyl (C=O) groups is 2. The molecule has 8 heteroatoms. The van der Waals surface area contributed by atoms with Gasteiger partial charge < -0.3 is 31.9 Å². The molecule has 0 fully saturated rings. The number of hydrogen-bond donors (Lipinski definition) is 6. The van der Waals surface area contributed by atoms with Crippen molar-refractivity contribution in [2.24, 2.45) is 0 Å². The Morgan fingerprint density at radius 2 is 0.962 bits per heavy atom. The molecule has 0 bridgehead atoms. The Kier molecular flexibility index (Phi) is 8.07. The van der Waals surface area contributed by atoms with E-state index in [0.29, 0.717) is 11.4 Å². The van der Waals surface area contributed by atoms with Crippen LogP contribution in [0.15, 0.2) is 48.5 Å². The van der Waals surface area contributed by atoms with Gasteiger partial charge in [-0.25, -0.2) is 9.59 Å². The lowest BCUT2D eigenvalue weighted by Gasteiger charge is -2.04. The number of benzene rings is 2. The van der Waals surface area contributed by atoms with Gasteiger partial charge >= 0.3 is 11.9 Å². The van der Waals surface area contributed by atoms with Crippen LogP contribution in [0.1, 0.15) is 11.1 Å². The van der Waals surface area contributed by atoms with Gasteiger partial charge in [0, 0.05) is 24.2 Å². The Labute approximate surface area is 150 Å². The lowest BCUT2D eigenvalue weighted by Crippen LogP contribution is -2.21. The largest absolute Gasteiger partial charge is 0.479 e. The molecule has 8 N–H and O–H groups in total. The maximum absolute atomic E-state index is 10.3. The summed E-state index contributed by atoms with van der Waals surface area (Å²) in [7, 11) is 0. The smallest absolute Gasteiger partial charge is 0.332 e. The maximum atomic E-state index is 10.3. The van der Waals surface area contributed by atoms with Crippen LogP contribution in [0, 0.1) is 0 Å². The van der Waals surface area contributed by atoms with E-state index < -0.39 is 24.1 Å². The van der Waals surface area contributed by atoms with Crippen LogP contribution in [0.4, 0.5) is 11.4 Å². The fraction of sp³-hybridized carbons (Fsp3) is 0.222. The predicted octanol–water partition coefficient (Wildman–Crippen LogP) is 0.514. The fourth-order valence-corrected chi connectivity index (χ4v) is 1.93. The van der Waals surface area contributed by atoms with Crippen molar-refractivity contribution in [2.45, 2.75) is 25.0 Å². The number of nitrogens with two attached hydrogens (primary N) is 2. The fourth-order valence-electron chi connectivity index (χ4n) is 1.93. The Bertz CT molecular complexity index is 652. The van der Waals surface area contributed by atoms with Gasteiger partial charge in [-0.1, -0.05) is 24.3 Å².